The number of amides is 3. The van der Waals surface area contributed by atoms with E-state index in [-0.39, 0.29) is 18.6 Å². The van der Waals surface area contributed by atoms with Gasteiger partial charge >= 0.3 is 6.03 Å². The molecule has 0 bridgehead atoms. The molecule has 5 heteroatoms. The molecule has 3 N–H and O–H groups in total. The number of urea groups is 1. The summed E-state index contributed by atoms with van der Waals surface area (Å²) in [5.41, 5.74) is 5.15. The van der Waals surface area contributed by atoms with E-state index in [1.165, 1.54) is 17.7 Å². The lowest BCUT2D eigenvalue weighted by Crippen LogP contribution is -2.47. The predicted molar refractivity (Wildman–Crippen MR) is 66.5 cm³/mol. The van der Waals surface area contributed by atoms with Gasteiger partial charge in [-0.1, -0.05) is 26.2 Å². The van der Waals surface area contributed by atoms with E-state index >= 15 is 0 Å². The third-order valence-electron chi connectivity index (χ3n) is 3.10. The van der Waals surface area contributed by atoms with Crippen molar-refractivity contribution in [3.05, 3.63) is 0 Å². The number of nitrogens with zero attached hydrogens (tertiary/aromatic N) is 1. The number of carbonyl (C=O) groups is 2. The molecule has 1 fully saturated rings. The summed E-state index contributed by atoms with van der Waals surface area (Å²) in [7, 11) is 0. The van der Waals surface area contributed by atoms with E-state index in [1.54, 1.807) is 0 Å². The summed E-state index contributed by atoms with van der Waals surface area (Å²) >= 11 is 0. The second-order valence-corrected chi connectivity index (χ2v) is 4.67. The van der Waals surface area contributed by atoms with E-state index in [0.717, 1.165) is 25.7 Å². The molecular formula is C12H23N3O2. The number of primary amides is 1. The number of nitrogens with one attached hydrogen (secondary N) is 1. The Balaban J connectivity index is 2.42. The highest BCUT2D eigenvalue weighted by molar-refractivity contribution is 5.83. The Bertz CT molecular complexity index is 262. The average molecular weight is 241 g/mol. The van der Waals surface area contributed by atoms with Crippen LogP contribution in [-0.2, 0) is 4.79 Å². The van der Waals surface area contributed by atoms with E-state index in [2.05, 4.69) is 12.2 Å². The van der Waals surface area contributed by atoms with Gasteiger partial charge in [-0.15, -0.1) is 0 Å². The summed E-state index contributed by atoms with van der Waals surface area (Å²) in [6.45, 7) is 2.66. The monoisotopic (exact) mass is 241 g/mol. The number of unbranched alkanes of at least 4 members (excludes halogenated alkanes) is 1. The van der Waals surface area contributed by atoms with Gasteiger partial charge in [-0.3, -0.25) is 4.79 Å². The molecule has 98 valence electrons. The smallest absolute Gasteiger partial charge is 0.318 e. The molecule has 0 heterocycles. The molecule has 1 rings (SSSR count). The third-order valence-corrected chi connectivity index (χ3v) is 3.10. The zero-order valence-electron chi connectivity index (χ0n) is 10.6. The van der Waals surface area contributed by atoms with Gasteiger partial charge in [-0.2, -0.15) is 0 Å². The Labute approximate surface area is 103 Å². The first-order valence-corrected chi connectivity index (χ1v) is 6.47. The predicted octanol–water partition coefficient (Wildman–Crippen LogP) is 1.23. The van der Waals surface area contributed by atoms with Gasteiger partial charge in [-0.05, 0) is 19.3 Å². The van der Waals surface area contributed by atoms with Crippen molar-refractivity contribution in [1.82, 2.24) is 10.2 Å². The maximum absolute atomic E-state index is 11.9. The lowest BCUT2D eigenvalue weighted by Gasteiger charge is -2.23. The first-order valence-electron chi connectivity index (χ1n) is 6.47. The highest BCUT2D eigenvalue weighted by Crippen LogP contribution is 2.17. The maximum atomic E-state index is 11.9. The van der Waals surface area contributed by atoms with Crippen LogP contribution in [0.2, 0.25) is 0 Å². The molecule has 0 saturated heterocycles. The van der Waals surface area contributed by atoms with Crippen molar-refractivity contribution in [3.8, 4) is 0 Å². The molecule has 5 nitrogen and oxygen atoms in total. The Hall–Kier alpha value is -1.26. The normalized spacial score (nSPS) is 15.8. The van der Waals surface area contributed by atoms with Crippen LogP contribution in [-0.4, -0.2) is 36.0 Å². The van der Waals surface area contributed by atoms with Gasteiger partial charge in [0.1, 0.15) is 6.54 Å². The van der Waals surface area contributed by atoms with E-state index < -0.39 is 5.91 Å². The van der Waals surface area contributed by atoms with Gasteiger partial charge in [0.2, 0.25) is 5.91 Å². The largest absolute Gasteiger partial charge is 0.368 e. The molecule has 0 aromatic heterocycles. The molecule has 1 aliphatic rings. The van der Waals surface area contributed by atoms with Crippen molar-refractivity contribution in [2.75, 3.05) is 13.1 Å². The molecule has 0 aromatic rings. The molecular weight excluding hydrogens is 218 g/mol. The van der Waals surface area contributed by atoms with Crippen LogP contribution in [0.15, 0.2) is 0 Å². The first kappa shape index (κ1) is 13.8. The van der Waals surface area contributed by atoms with Crippen LogP contribution in [0, 0.1) is 0 Å². The molecule has 3 amide bonds. The van der Waals surface area contributed by atoms with Gasteiger partial charge in [0.25, 0.3) is 0 Å². The summed E-state index contributed by atoms with van der Waals surface area (Å²) in [5, 5.41) is 2.97. The van der Waals surface area contributed by atoms with Crippen LogP contribution >= 0.6 is 0 Å². The fourth-order valence-electron chi connectivity index (χ4n) is 2.13. The van der Waals surface area contributed by atoms with Gasteiger partial charge in [0.05, 0.1) is 0 Å². The molecule has 17 heavy (non-hydrogen) atoms. The van der Waals surface area contributed by atoms with E-state index in [4.69, 9.17) is 5.73 Å². The second-order valence-electron chi connectivity index (χ2n) is 4.67. The lowest BCUT2D eigenvalue weighted by atomic mass is 10.2. The van der Waals surface area contributed by atoms with E-state index in [9.17, 15) is 9.59 Å². The van der Waals surface area contributed by atoms with Gasteiger partial charge in [-0.25, -0.2) is 4.79 Å². The fourth-order valence-corrected chi connectivity index (χ4v) is 2.13. The Kier molecular flexibility index (Phi) is 5.80. The Morgan fingerprint density at radius 3 is 2.53 bits per heavy atom. The standard InChI is InChI=1S/C12H23N3O2/c1-2-3-8-15(9-11(13)16)12(17)14-10-6-4-5-7-10/h10H,2-9H2,1H3,(H2,13,16)(H,14,17). The summed E-state index contributed by atoms with van der Waals surface area (Å²) in [6.07, 6.45) is 6.33. The van der Waals surface area contributed by atoms with Crippen molar-refractivity contribution < 1.29 is 9.59 Å². The Morgan fingerprint density at radius 2 is 2.00 bits per heavy atom. The van der Waals surface area contributed by atoms with Crippen molar-refractivity contribution in [3.63, 3.8) is 0 Å². The van der Waals surface area contributed by atoms with Crippen LogP contribution in [0.5, 0.6) is 0 Å². The molecule has 0 atom stereocenters. The van der Waals surface area contributed by atoms with Gasteiger partial charge in [0, 0.05) is 12.6 Å². The zero-order chi connectivity index (χ0) is 12.7. The van der Waals surface area contributed by atoms with Crippen molar-refractivity contribution in [2.45, 2.75) is 51.5 Å². The maximum Gasteiger partial charge on any atom is 0.318 e. The number of nitrogens with two attached hydrogens (primary N) is 1. The second kappa shape index (κ2) is 7.14. The van der Waals surface area contributed by atoms with E-state index in [1.807, 2.05) is 0 Å². The van der Waals surface area contributed by atoms with Crippen LogP contribution in [0.3, 0.4) is 0 Å². The number of hydrogen-bond donors (Lipinski definition) is 2. The molecule has 0 aromatic carbocycles. The first-order chi connectivity index (χ1) is 8.13. The van der Waals surface area contributed by atoms with Crippen molar-refractivity contribution >= 4 is 11.9 Å². The lowest BCUT2D eigenvalue weighted by molar-refractivity contribution is -0.118. The number of carbonyl (C=O) groups excluding carboxylic acids is 2. The third kappa shape index (κ3) is 5.06. The van der Waals surface area contributed by atoms with Crippen molar-refractivity contribution in [2.24, 2.45) is 5.73 Å². The van der Waals surface area contributed by atoms with Gasteiger partial charge in [0.15, 0.2) is 0 Å². The zero-order valence-corrected chi connectivity index (χ0v) is 10.6. The number of rotatable bonds is 6. The van der Waals surface area contributed by atoms with Crippen LogP contribution in [0.25, 0.3) is 0 Å². The molecule has 0 aliphatic heterocycles. The average Bonchev–Trinajstić information content (AvgIpc) is 2.76. The number of hydrogen-bond acceptors (Lipinski definition) is 2. The highest BCUT2D eigenvalue weighted by atomic mass is 16.2. The minimum absolute atomic E-state index is 0.0125. The Morgan fingerprint density at radius 1 is 1.35 bits per heavy atom. The van der Waals surface area contributed by atoms with E-state index in [0.29, 0.717) is 6.54 Å². The summed E-state index contributed by atoms with van der Waals surface area (Å²) in [5.74, 6) is -0.456. The molecule has 0 radical (unpaired) electrons. The molecule has 1 saturated carbocycles. The fraction of sp³-hybridized carbons (Fsp3) is 0.833. The highest BCUT2D eigenvalue weighted by Gasteiger charge is 2.21. The van der Waals surface area contributed by atoms with Crippen LogP contribution < -0.4 is 11.1 Å². The summed E-state index contributed by atoms with van der Waals surface area (Å²) in [6, 6.07) is 0.128. The summed E-state index contributed by atoms with van der Waals surface area (Å²) in [4.78, 5) is 24.4. The summed E-state index contributed by atoms with van der Waals surface area (Å²) < 4.78 is 0. The molecule has 1 aliphatic carbocycles. The molecule has 0 spiro atoms. The van der Waals surface area contributed by atoms with Crippen LogP contribution in [0.4, 0.5) is 4.79 Å². The quantitative estimate of drug-likeness (QED) is 0.733. The SMILES string of the molecule is CCCCN(CC(N)=O)C(=O)NC1CCCC1. The van der Waals surface area contributed by atoms with Crippen LogP contribution in [0.1, 0.15) is 45.4 Å². The molecule has 0 unspecified atom stereocenters. The topological polar surface area (TPSA) is 75.4 Å². The minimum atomic E-state index is -0.456. The minimum Gasteiger partial charge on any atom is -0.368 e. The van der Waals surface area contributed by atoms with Gasteiger partial charge < -0.3 is 16.0 Å². The van der Waals surface area contributed by atoms with Crippen molar-refractivity contribution in [1.29, 1.82) is 0 Å².